The Morgan fingerprint density at radius 3 is 1.25 bits per heavy atom. The molecule has 20 valence electrons. The van der Waals surface area contributed by atoms with Gasteiger partial charge >= 0.3 is 9.90 Å². The van der Waals surface area contributed by atoms with Crippen molar-refractivity contribution in [2.75, 3.05) is 0 Å². The molecule has 0 N–H and O–H groups in total. The molecule has 0 rings (SSSR count). The Labute approximate surface area is 45.6 Å². The van der Waals surface area contributed by atoms with Gasteiger partial charge in [-0.1, -0.05) is 0 Å². The van der Waals surface area contributed by atoms with Crippen LogP contribution in [-0.4, -0.2) is 0 Å². The van der Waals surface area contributed by atoms with Gasteiger partial charge in [-0.3, -0.25) is 0 Å². The van der Waals surface area contributed by atoms with Gasteiger partial charge in [-0.05, 0) is 0 Å². The first-order valence-electron chi connectivity index (χ1n) is 0.309. The van der Waals surface area contributed by atoms with Gasteiger partial charge in [0.2, 0.25) is 0 Å². The Morgan fingerprint density at radius 2 is 1.25 bits per heavy atom. The summed E-state index contributed by atoms with van der Waals surface area (Å²) in [6.07, 6.45) is 0. The summed E-state index contributed by atoms with van der Waals surface area (Å²) in [7, 11) is 0. The SMILES string of the molecule is BrOBr.[P+5]. The smallest absolute Gasteiger partial charge is 0.230 e. The topological polar surface area (TPSA) is 9.23 Å². The van der Waals surface area contributed by atoms with Crippen LogP contribution in [0.15, 0.2) is 0 Å². The van der Waals surface area contributed by atoms with E-state index < -0.39 is 0 Å². The number of hydrogen-bond acceptors (Lipinski definition) is 1. The third-order valence-corrected chi connectivity index (χ3v) is 0. The average molecular weight is 207 g/mol. The fourth-order valence-electron chi connectivity index (χ4n) is 0. The van der Waals surface area contributed by atoms with Gasteiger partial charge in [-0.25, -0.2) is 2.92 Å². The van der Waals surface area contributed by atoms with Crippen LogP contribution in [-0.2, 0) is 2.92 Å². The van der Waals surface area contributed by atoms with Crippen LogP contribution in [0.3, 0.4) is 0 Å². The van der Waals surface area contributed by atoms with Gasteiger partial charge in [-0.2, -0.15) is 0 Å². The summed E-state index contributed by atoms with van der Waals surface area (Å²) < 4.78 is 3.88. The molecule has 0 saturated carbocycles. The van der Waals surface area contributed by atoms with Gasteiger partial charge < -0.3 is 0 Å². The second-order valence-electron chi connectivity index (χ2n) is 0.0583. The maximum absolute atomic E-state index is 3.88. The van der Waals surface area contributed by atoms with Crippen molar-refractivity contribution in [1.29, 1.82) is 0 Å². The van der Waals surface area contributed by atoms with Crippen LogP contribution in [0.5, 0.6) is 0 Å². The molecular formula is Br2OP+5. The van der Waals surface area contributed by atoms with E-state index in [1.165, 1.54) is 0 Å². The zero-order valence-electron chi connectivity index (χ0n) is 1.61. The molecule has 0 aliphatic heterocycles. The minimum absolute atomic E-state index is 0. The van der Waals surface area contributed by atoms with E-state index in [2.05, 4.69) is 35.4 Å². The molecule has 0 aliphatic rings. The molecule has 0 radical (unpaired) electrons. The Bertz CT molecular complexity index is 6.00. The van der Waals surface area contributed by atoms with Crippen LogP contribution in [0.4, 0.5) is 0 Å². The van der Waals surface area contributed by atoms with Gasteiger partial charge in [0.25, 0.3) is 0 Å². The summed E-state index contributed by atoms with van der Waals surface area (Å²) in [4.78, 5) is 0. The predicted molar refractivity (Wildman–Crippen MR) is 25.9 cm³/mol. The van der Waals surface area contributed by atoms with Crippen molar-refractivity contribution >= 4 is 42.4 Å². The molecule has 0 heterocycles. The molecule has 0 saturated heterocycles. The zero-order valence-corrected chi connectivity index (χ0v) is 5.68. The second kappa shape index (κ2) is 8.84. The van der Waals surface area contributed by atoms with Crippen molar-refractivity contribution < 1.29 is 2.92 Å². The monoisotopic (exact) mass is 205 g/mol. The zero-order chi connectivity index (χ0) is 2.71. The molecule has 0 aromatic carbocycles. The van der Waals surface area contributed by atoms with Crippen molar-refractivity contribution in [1.82, 2.24) is 0 Å². The van der Waals surface area contributed by atoms with Crippen LogP contribution in [0.1, 0.15) is 0 Å². The number of rotatable bonds is 0. The third kappa shape index (κ3) is 10.2. The summed E-state index contributed by atoms with van der Waals surface area (Å²) in [5.41, 5.74) is 0. The molecule has 4 heavy (non-hydrogen) atoms. The molecule has 0 amide bonds. The van der Waals surface area contributed by atoms with Gasteiger partial charge in [0, 0.05) is 0 Å². The molecule has 0 aliphatic carbocycles. The number of halogens is 2. The normalized spacial score (nSPS) is 4.50. The second-order valence-corrected chi connectivity index (χ2v) is 1.57. The van der Waals surface area contributed by atoms with Crippen molar-refractivity contribution in [3.05, 3.63) is 0 Å². The predicted octanol–water partition coefficient (Wildman–Crippen LogP) is 2.48. The molecule has 1 nitrogen and oxygen atoms in total. The standard InChI is InChI=1S/Br2O.P/c1-3-2;/q;+5. The maximum Gasteiger partial charge on any atom is 5.00 e. The van der Waals surface area contributed by atoms with Crippen molar-refractivity contribution in [3.8, 4) is 0 Å². The minimum Gasteiger partial charge on any atom is -0.230 e. The van der Waals surface area contributed by atoms with E-state index in [4.69, 9.17) is 0 Å². The molecule has 0 unspecified atom stereocenters. The molecule has 0 bridgehead atoms. The minimum atomic E-state index is 0. The largest absolute Gasteiger partial charge is 5.00 e. The van der Waals surface area contributed by atoms with Crippen LogP contribution < -0.4 is 0 Å². The number of hydrogen-bond donors (Lipinski definition) is 0. The molecule has 0 atom stereocenters. The Morgan fingerprint density at radius 1 is 1.25 bits per heavy atom. The molecule has 0 aromatic rings. The first-order valence-corrected chi connectivity index (χ1v) is 1.60. The third-order valence-electron chi connectivity index (χ3n) is 0. The van der Waals surface area contributed by atoms with E-state index in [0.29, 0.717) is 0 Å². The Hall–Kier alpha value is 1.35. The summed E-state index contributed by atoms with van der Waals surface area (Å²) in [6.45, 7) is 0. The van der Waals surface area contributed by atoms with E-state index >= 15 is 0 Å². The quantitative estimate of drug-likeness (QED) is 0.554. The molecule has 0 fully saturated rings. The van der Waals surface area contributed by atoms with Crippen LogP contribution >= 0.6 is 42.4 Å². The fourth-order valence-corrected chi connectivity index (χ4v) is 0. The Kier molecular flexibility index (Phi) is 19.9. The van der Waals surface area contributed by atoms with Gasteiger partial charge in [0.05, 0.1) is 0 Å². The first kappa shape index (κ1) is 9.02. The summed E-state index contributed by atoms with van der Waals surface area (Å²) >= 11 is 5.12. The van der Waals surface area contributed by atoms with E-state index in [1.54, 1.807) is 0 Å². The fraction of sp³-hybridized carbons (Fsp3) is 0. The van der Waals surface area contributed by atoms with E-state index in [9.17, 15) is 0 Å². The van der Waals surface area contributed by atoms with Crippen LogP contribution in [0, 0.1) is 0 Å². The first-order chi connectivity index (χ1) is 1.41. The average Bonchev–Trinajstić information content (AvgIpc) is 0.918. The van der Waals surface area contributed by atoms with Crippen LogP contribution in [0.25, 0.3) is 0 Å². The maximum atomic E-state index is 3.88. The van der Waals surface area contributed by atoms with E-state index in [-0.39, 0.29) is 9.90 Å². The van der Waals surface area contributed by atoms with Crippen molar-refractivity contribution in [3.63, 3.8) is 0 Å². The van der Waals surface area contributed by atoms with Crippen molar-refractivity contribution in [2.24, 2.45) is 0 Å². The van der Waals surface area contributed by atoms with Crippen LogP contribution in [0.2, 0.25) is 0 Å². The van der Waals surface area contributed by atoms with E-state index in [0.717, 1.165) is 0 Å². The van der Waals surface area contributed by atoms with E-state index in [1.807, 2.05) is 0 Å². The van der Waals surface area contributed by atoms with Gasteiger partial charge in [-0.15, -0.1) is 0 Å². The van der Waals surface area contributed by atoms with Gasteiger partial charge in [0.15, 0.2) is 0 Å². The molecule has 0 aromatic heterocycles. The molecule has 0 spiro atoms. The molecule has 4 heteroatoms. The Balaban J connectivity index is 0. The summed E-state index contributed by atoms with van der Waals surface area (Å²) in [5, 5.41) is 0. The van der Waals surface area contributed by atoms with Gasteiger partial charge in [0.1, 0.15) is 32.5 Å². The summed E-state index contributed by atoms with van der Waals surface area (Å²) in [5.74, 6) is 0. The summed E-state index contributed by atoms with van der Waals surface area (Å²) in [6, 6.07) is 0. The molecular weight excluding hydrogens is 207 g/mol. The van der Waals surface area contributed by atoms with Crippen molar-refractivity contribution in [2.45, 2.75) is 0 Å².